The zero-order valence-corrected chi connectivity index (χ0v) is 11.7. The Morgan fingerprint density at radius 2 is 1.90 bits per heavy atom. The van der Waals surface area contributed by atoms with Crippen molar-refractivity contribution in [2.75, 3.05) is 6.61 Å². The van der Waals surface area contributed by atoms with E-state index < -0.39 is 0 Å². The monoisotopic (exact) mass is 289 g/mol. The van der Waals surface area contributed by atoms with Gasteiger partial charge in [0, 0.05) is 10.6 Å². The Balaban J connectivity index is 2.01. The lowest BCUT2D eigenvalue weighted by Crippen LogP contribution is -2.39. The first-order valence-electron chi connectivity index (χ1n) is 6.40. The Labute approximate surface area is 123 Å². The van der Waals surface area contributed by atoms with Crippen molar-refractivity contribution in [3.63, 3.8) is 0 Å². The summed E-state index contributed by atoms with van der Waals surface area (Å²) < 4.78 is 0. The van der Waals surface area contributed by atoms with Crippen LogP contribution in [0, 0.1) is 0 Å². The molecule has 0 fully saturated rings. The minimum absolute atomic E-state index is 0.110. The van der Waals surface area contributed by atoms with Crippen LogP contribution in [0.4, 0.5) is 0 Å². The van der Waals surface area contributed by atoms with Crippen LogP contribution in [-0.2, 0) is 6.42 Å². The van der Waals surface area contributed by atoms with E-state index in [0.717, 1.165) is 5.56 Å². The Hall–Kier alpha value is -1.84. The topological polar surface area (TPSA) is 49.3 Å². The molecule has 1 atom stereocenters. The van der Waals surface area contributed by atoms with Crippen LogP contribution in [0.25, 0.3) is 0 Å². The molecule has 0 aliphatic rings. The molecule has 1 amide bonds. The summed E-state index contributed by atoms with van der Waals surface area (Å²) in [7, 11) is 0. The molecule has 2 rings (SSSR count). The second kappa shape index (κ2) is 7.08. The Kier molecular flexibility index (Phi) is 5.16. The van der Waals surface area contributed by atoms with Gasteiger partial charge in [0.2, 0.25) is 0 Å². The summed E-state index contributed by atoms with van der Waals surface area (Å²) in [6, 6.07) is 16.2. The zero-order chi connectivity index (χ0) is 14.4. The van der Waals surface area contributed by atoms with Crippen LogP contribution >= 0.6 is 11.6 Å². The minimum Gasteiger partial charge on any atom is -0.394 e. The summed E-state index contributed by atoms with van der Waals surface area (Å²) in [6.07, 6.45) is 0.587. The molecule has 0 heterocycles. The van der Waals surface area contributed by atoms with Gasteiger partial charge in [-0.3, -0.25) is 4.79 Å². The van der Waals surface area contributed by atoms with Gasteiger partial charge < -0.3 is 10.4 Å². The summed E-state index contributed by atoms with van der Waals surface area (Å²) in [5.41, 5.74) is 1.56. The second-order valence-electron chi connectivity index (χ2n) is 4.55. The van der Waals surface area contributed by atoms with Gasteiger partial charge in [-0.05, 0) is 30.2 Å². The highest BCUT2D eigenvalue weighted by Crippen LogP contribution is 2.11. The van der Waals surface area contributed by atoms with Gasteiger partial charge in [0.15, 0.2) is 0 Å². The van der Waals surface area contributed by atoms with E-state index >= 15 is 0 Å². The largest absolute Gasteiger partial charge is 0.394 e. The van der Waals surface area contributed by atoms with E-state index in [1.54, 1.807) is 24.3 Å². The summed E-state index contributed by atoms with van der Waals surface area (Å²) in [5, 5.41) is 12.7. The summed E-state index contributed by atoms with van der Waals surface area (Å²) in [4.78, 5) is 12.1. The molecule has 0 bridgehead atoms. The third-order valence-electron chi connectivity index (χ3n) is 2.97. The molecule has 1 unspecified atom stereocenters. The second-order valence-corrected chi connectivity index (χ2v) is 4.99. The van der Waals surface area contributed by atoms with Crippen molar-refractivity contribution < 1.29 is 9.90 Å². The molecule has 20 heavy (non-hydrogen) atoms. The number of carbonyl (C=O) groups excluding carboxylic acids is 1. The summed E-state index contributed by atoms with van der Waals surface area (Å²) in [6.45, 7) is -0.110. The van der Waals surface area contributed by atoms with Gasteiger partial charge in [-0.25, -0.2) is 0 Å². The SMILES string of the molecule is O=C(NC(CO)Cc1ccccc1)c1cccc(Cl)c1. The van der Waals surface area contributed by atoms with E-state index in [-0.39, 0.29) is 18.6 Å². The van der Waals surface area contributed by atoms with Crippen molar-refractivity contribution in [1.29, 1.82) is 0 Å². The van der Waals surface area contributed by atoms with Gasteiger partial charge >= 0.3 is 0 Å². The number of rotatable bonds is 5. The number of amides is 1. The van der Waals surface area contributed by atoms with Crippen molar-refractivity contribution in [3.8, 4) is 0 Å². The first kappa shape index (κ1) is 14.6. The quantitative estimate of drug-likeness (QED) is 0.889. The molecule has 2 N–H and O–H groups in total. The van der Waals surface area contributed by atoms with E-state index in [0.29, 0.717) is 17.0 Å². The molecule has 3 nitrogen and oxygen atoms in total. The molecule has 2 aromatic rings. The van der Waals surface area contributed by atoms with Crippen LogP contribution in [0.2, 0.25) is 5.02 Å². The fourth-order valence-corrected chi connectivity index (χ4v) is 2.15. The lowest BCUT2D eigenvalue weighted by atomic mass is 10.1. The fourth-order valence-electron chi connectivity index (χ4n) is 1.96. The molecule has 0 radical (unpaired) electrons. The number of hydrogen-bond acceptors (Lipinski definition) is 2. The average Bonchev–Trinajstić information content (AvgIpc) is 2.47. The molecule has 0 saturated heterocycles. The molecular formula is C16H16ClNO2. The van der Waals surface area contributed by atoms with Crippen LogP contribution in [-0.4, -0.2) is 23.7 Å². The van der Waals surface area contributed by atoms with Crippen molar-refractivity contribution in [3.05, 3.63) is 70.7 Å². The predicted octanol–water partition coefficient (Wildman–Crippen LogP) is 2.67. The van der Waals surface area contributed by atoms with Crippen LogP contribution < -0.4 is 5.32 Å². The van der Waals surface area contributed by atoms with Gasteiger partial charge in [-0.1, -0.05) is 48.0 Å². The molecule has 0 aliphatic carbocycles. The first-order chi connectivity index (χ1) is 9.69. The molecular weight excluding hydrogens is 274 g/mol. The van der Waals surface area contributed by atoms with Crippen LogP contribution in [0.5, 0.6) is 0 Å². The highest BCUT2D eigenvalue weighted by Gasteiger charge is 2.13. The average molecular weight is 290 g/mol. The maximum absolute atomic E-state index is 12.1. The van der Waals surface area contributed by atoms with E-state index in [2.05, 4.69) is 5.32 Å². The fraction of sp³-hybridized carbons (Fsp3) is 0.188. The number of hydrogen-bond donors (Lipinski definition) is 2. The Morgan fingerprint density at radius 1 is 1.15 bits per heavy atom. The number of aliphatic hydroxyl groups excluding tert-OH is 1. The lowest BCUT2D eigenvalue weighted by Gasteiger charge is -2.16. The third kappa shape index (κ3) is 4.08. The van der Waals surface area contributed by atoms with Gasteiger partial charge in [0.05, 0.1) is 12.6 Å². The van der Waals surface area contributed by atoms with E-state index in [1.165, 1.54) is 0 Å². The van der Waals surface area contributed by atoms with Crippen LogP contribution in [0.3, 0.4) is 0 Å². The highest BCUT2D eigenvalue weighted by molar-refractivity contribution is 6.30. The van der Waals surface area contributed by atoms with Gasteiger partial charge in [0.25, 0.3) is 5.91 Å². The summed E-state index contributed by atoms with van der Waals surface area (Å²) >= 11 is 5.86. The number of carbonyl (C=O) groups is 1. The maximum Gasteiger partial charge on any atom is 0.251 e. The van der Waals surface area contributed by atoms with Gasteiger partial charge in [0.1, 0.15) is 0 Å². The van der Waals surface area contributed by atoms with E-state index in [4.69, 9.17) is 11.6 Å². The van der Waals surface area contributed by atoms with E-state index in [9.17, 15) is 9.90 Å². The van der Waals surface area contributed by atoms with Gasteiger partial charge in [-0.15, -0.1) is 0 Å². The molecule has 0 spiro atoms. The number of aliphatic hydroxyl groups is 1. The van der Waals surface area contributed by atoms with Crippen LogP contribution in [0.15, 0.2) is 54.6 Å². The smallest absolute Gasteiger partial charge is 0.251 e. The highest BCUT2D eigenvalue weighted by atomic mass is 35.5. The van der Waals surface area contributed by atoms with E-state index in [1.807, 2.05) is 30.3 Å². The van der Waals surface area contributed by atoms with Crippen molar-refractivity contribution in [2.24, 2.45) is 0 Å². The number of halogens is 1. The number of nitrogens with one attached hydrogen (secondary N) is 1. The third-order valence-corrected chi connectivity index (χ3v) is 3.20. The molecule has 2 aromatic carbocycles. The van der Waals surface area contributed by atoms with Crippen molar-refractivity contribution >= 4 is 17.5 Å². The Bertz CT molecular complexity index is 572. The zero-order valence-electron chi connectivity index (χ0n) is 10.9. The number of benzene rings is 2. The van der Waals surface area contributed by atoms with Gasteiger partial charge in [-0.2, -0.15) is 0 Å². The maximum atomic E-state index is 12.1. The Morgan fingerprint density at radius 3 is 2.55 bits per heavy atom. The molecule has 104 valence electrons. The van der Waals surface area contributed by atoms with Crippen molar-refractivity contribution in [2.45, 2.75) is 12.5 Å². The molecule has 0 saturated carbocycles. The minimum atomic E-state index is -0.316. The van der Waals surface area contributed by atoms with Crippen molar-refractivity contribution in [1.82, 2.24) is 5.32 Å². The summed E-state index contributed by atoms with van der Waals surface area (Å²) in [5.74, 6) is -0.234. The first-order valence-corrected chi connectivity index (χ1v) is 6.78. The predicted molar refractivity (Wildman–Crippen MR) is 79.9 cm³/mol. The molecule has 4 heteroatoms. The molecule has 0 aromatic heterocycles. The normalized spacial score (nSPS) is 11.9. The molecule has 0 aliphatic heterocycles. The lowest BCUT2D eigenvalue weighted by molar-refractivity contribution is 0.0916. The standard InChI is InChI=1S/C16H16ClNO2/c17-14-8-4-7-13(10-14)16(20)18-15(11-19)9-12-5-2-1-3-6-12/h1-8,10,15,19H,9,11H2,(H,18,20). The van der Waals surface area contributed by atoms with Crippen LogP contribution in [0.1, 0.15) is 15.9 Å².